The molecule has 0 aliphatic heterocycles. The Hall–Kier alpha value is -1.44. The summed E-state index contributed by atoms with van der Waals surface area (Å²) in [5.74, 6) is 1.47. The predicted molar refractivity (Wildman–Crippen MR) is 110 cm³/mol. The van der Waals surface area contributed by atoms with Gasteiger partial charge in [0.05, 0.1) is 7.11 Å². The zero-order chi connectivity index (χ0) is 16.1. The van der Waals surface area contributed by atoms with E-state index in [2.05, 4.69) is 21.4 Å². The van der Waals surface area contributed by atoms with Crippen LogP contribution in [0.25, 0.3) is 10.9 Å². The van der Waals surface area contributed by atoms with Gasteiger partial charge in [-0.2, -0.15) is 0 Å². The number of nitrogens with zero attached hydrogens (tertiary/aromatic N) is 1. The first kappa shape index (κ1) is 18.9. The molecule has 1 heterocycles. The van der Waals surface area contributed by atoms with Crippen LogP contribution in [0.15, 0.2) is 29.4 Å². The molecule has 1 aromatic heterocycles. The Bertz CT molecular complexity index is 677. The van der Waals surface area contributed by atoms with Gasteiger partial charge in [0.25, 0.3) is 0 Å². The van der Waals surface area contributed by atoms with Crippen LogP contribution in [-0.2, 0) is 6.42 Å². The SMILES string of the molecule is COc1cccc2[nH]cc(CCN=C(N)NC3CCCCC3)c12.I. The number of halogens is 1. The number of fused-ring (bicyclic) bond motifs is 1. The van der Waals surface area contributed by atoms with Crippen molar-refractivity contribution in [3.05, 3.63) is 30.0 Å². The first-order valence-corrected chi connectivity index (χ1v) is 8.47. The van der Waals surface area contributed by atoms with Gasteiger partial charge in [-0.3, -0.25) is 4.99 Å². The Kier molecular flexibility index (Phi) is 7.20. The van der Waals surface area contributed by atoms with Gasteiger partial charge < -0.3 is 20.8 Å². The number of ether oxygens (including phenoxy) is 1. The monoisotopic (exact) mass is 442 g/mol. The second-order valence-corrected chi connectivity index (χ2v) is 6.19. The highest BCUT2D eigenvalue weighted by Gasteiger charge is 2.13. The lowest BCUT2D eigenvalue weighted by Gasteiger charge is -2.23. The third-order valence-electron chi connectivity index (χ3n) is 4.59. The highest BCUT2D eigenvalue weighted by Crippen LogP contribution is 2.28. The molecule has 0 spiro atoms. The first-order chi connectivity index (χ1) is 11.3. The van der Waals surface area contributed by atoms with Crippen LogP contribution in [0.4, 0.5) is 0 Å². The van der Waals surface area contributed by atoms with E-state index in [9.17, 15) is 0 Å². The number of benzene rings is 1. The van der Waals surface area contributed by atoms with Crippen LogP contribution >= 0.6 is 24.0 Å². The number of nitrogens with two attached hydrogens (primary N) is 1. The average molecular weight is 442 g/mol. The summed E-state index contributed by atoms with van der Waals surface area (Å²) in [6, 6.07) is 6.54. The molecule has 0 atom stereocenters. The van der Waals surface area contributed by atoms with Gasteiger partial charge in [0.2, 0.25) is 0 Å². The fourth-order valence-electron chi connectivity index (χ4n) is 3.39. The molecule has 6 heteroatoms. The number of nitrogens with one attached hydrogen (secondary N) is 2. The third-order valence-corrected chi connectivity index (χ3v) is 4.59. The lowest BCUT2D eigenvalue weighted by molar-refractivity contribution is 0.412. The lowest BCUT2D eigenvalue weighted by Crippen LogP contribution is -2.41. The predicted octanol–water partition coefficient (Wildman–Crippen LogP) is 3.57. The molecule has 3 rings (SSSR count). The molecule has 2 aromatic rings. The minimum absolute atomic E-state index is 0. The van der Waals surface area contributed by atoms with Crippen molar-refractivity contribution in [3.63, 3.8) is 0 Å². The van der Waals surface area contributed by atoms with Crippen LogP contribution in [0, 0.1) is 0 Å². The maximum absolute atomic E-state index is 6.02. The number of aliphatic imine (C=N–C) groups is 1. The topological polar surface area (TPSA) is 75.4 Å². The summed E-state index contributed by atoms with van der Waals surface area (Å²) in [6.45, 7) is 0.677. The van der Waals surface area contributed by atoms with Crippen molar-refractivity contribution < 1.29 is 4.74 Å². The van der Waals surface area contributed by atoms with Crippen molar-refractivity contribution in [2.24, 2.45) is 10.7 Å². The molecule has 1 aliphatic carbocycles. The highest BCUT2D eigenvalue weighted by molar-refractivity contribution is 14.0. The van der Waals surface area contributed by atoms with E-state index in [-0.39, 0.29) is 24.0 Å². The normalized spacial score (nSPS) is 16.0. The van der Waals surface area contributed by atoms with Crippen molar-refractivity contribution in [2.45, 2.75) is 44.6 Å². The maximum Gasteiger partial charge on any atom is 0.188 e. The summed E-state index contributed by atoms with van der Waals surface area (Å²) < 4.78 is 5.46. The van der Waals surface area contributed by atoms with Crippen LogP contribution in [0.1, 0.15) is 37.7 Å². The van der Waals surface area contributed by atoms with E-state index in [1.807, 2.05) is 18.3 Å². The van der Waals surface area contributed by atoms with Gasteiger partial charge in [0.15, 0.2) is 5.96 Å². The quantitative estimate of drug-likeness (QED) is 0.377. The molecule has 1 aromatic carbocycles. The largest absolute Gasteiger partial charge is 0.496 e. The van der Waals surface area contributed by atoms with Crippen molar-refractivity contribution in [1.82, 2.24) is 10.3 Å². The van der Waals surface area contributed by atoms with Gasteiger partial charge in [-0.05, 0) is 37.0 Å². The van der Waals surface area contributed by atoms with Crippen molar-refractivity contribution in [1.29, 1.82) is 0 Å². The van der Waals surface area contributed by atoms with Gasteiger partial charge >= 0.3 is 0 Å². The van der Waals surface area contributed by atoms with Crippen LogP contribution in [0.3, 0.4) is 0 Å². The van der Waals surface area contributed by atoms with E-state index in [1.165, 1.54) is 37.7 Å². The summed E-state index contributed by atoms with van der Waals surface area (Å²) in [4.78, 5) is 7.78. The molecule has 24 heavy (non-hydrogen) atoms. The zero-order valence-electron chi connectivity index (χ0n) is 14.2. The van der Waals surface area contributed by atoms with Crippen LogP contribution in [0.2, 0.25) is 0 Å². The first-order valence-electron chi connectivity index (χ1n) is 8.47. The molecular formula is C18H27IN4O. The molecule has 0 unspecified atom stereocenters. The minimum Gasteiger partial charge on any atom is -0.496 e. The molecule has 5 nitrogen and oxygen atoms in total. The molecule has 4 N–H and O–H groups in total. The standard InChI is InChI=1S/C18H26N4O.HI/c1-23-16-9-5-8-15-17(16)13(12-21-15)10-11-20-18(19)22-14-6-3-2-4-7-14;/h5,8-9,12,14,21H,2-4,6-7,10-11H2,1H3,(H3,19,20,22);1H. The maximum atomic E-state index is 6.02. The van der Waals surface area contributed by atoms with E-state index in [0.717, 1.165) is 23.1 Å². The van der Waals surface area contributed by atoms with Gasteiger partial charge in [-0.1, -0.05) is 25.3 Å². The Labute approximate surface area is 160 Å². The smallest absolute Gasteiger partial charge is 0.188 e. The van der Waals surface area contributed by atoms with Crippen LogP contribution in [0.5, 0.6) is 5.75 Å². The molecule has 1 saturated carbocycles. The van der Waals surface area contributed by atoms with Gasteiger partial charge in [-0.15, -0.1) is 24.0 Å². The van der Waals surface area contributed by atoms with Gasteiger partial charge in [0.1, 0.15) is 5.75 Å². The van der Waals surface area contributed by atoms with Crippen molar-refractivity contribution >= 4 is 40.8 Å². The summed E-state index contributed by atoms with van der Waals surface area (Å²) in [5, 5.41) is 4.50. The molecule has 0 saturated heterocycles. The number of hydrogen-bond acceptors (Lipinski definition) is 2. The van der Waals surface area contributed by atoms with E-state index in [0.29, 0.717) is 18.5 Å². The molecule has 1 aliphatic rings. The fourth-order valence-corrected chi connectivity index (χ4v) is 3.39. The second kappa shape index (κ2) is 9.15. The van der Waals surface area contributed by atoms with E-state index in [4.69, 9.17) is 10.5 Å². The summed E-state index contributed by atoms with van der Waals surface area (Å²) in [7, 11) is 1.70. The summed E-state index contributed by atoms with van der Waals surface area (Å²) in [6.07, 6.45) is 9.21. The number of guanidine groups is 1. The Morgan fingerprint density at radius 1 is 1.33 bits per heavy atom. The lowest BCUT2D eigenvalue weighted by atomic mass is 9.96. The minimum atomic E-state index is 0. The van der Waals surface area contributed by atoms with E-state index in [1.54, 1.807) is 7.11 Å². The van der Waals surface area contributed by atoms with Crippen LogP contribution < -0.4 is 15.8 Å². The summed E-state index contributed by atoms with van der Waals surface area (Å²) >= 11 is 0. The van der Waals surface area contributed by atoms with Crippen molar-refractivity contribution in [2.75, 3.05) is 13.7 Å². The molecule has 0 amide bonds. The Balaban J connectivity index is 0.00000208. The number of aromatic amines is 1. The van der Waals surface area contributed by atoms with Gasteiger partial charge in [-0.25, -0.2) is 0 Å². The zero-order valence-corrected chi connectivity index (χ0v) is 16.5. The van der Waals surface area contributed by atoms with Gasteiger partial charge in [0, 0.05) is 29.7 Å². The number of methoxy groups -OCH3 is 1. The highest BCUT2D eigenvalue weighted by atomic mass is 127. The fraction of sp³-hybridized carbons (Fsp3) is 0.500. The summed E-state index contributed by atoms with van der Waals surface area (Å²) in [5.41, 5.74) is 8.33. The number of aromatic nitrogens is 1. The molecule has 132 valence electrons. The number of rotatable bonds is 5. The van der Waals surface area contributed by atoms with Crippen molar-refractivity contribution in [3.8, 4) is 5.75 Å². The van der Waals surface area contributed by atoms with E-state index < -0.39 is 0 Å². The molecule has 0 bridgehead atoms. The Morgan fingerprint density at radius 3 is 2.88 bits per heavy atom. The molecule has 0 radical (unpaired) electrons. The second-order valence-electron chi connectivity index (χ2n) is 6.19. The van der Waals surface area contributed by atoms with Crippen LogP contribution in [-0.4, -0.2) is 30.6 Å². The Morgan fingerprint density at radius 2 is 2.12 bits per heavy atom. The number of hydrogen-bond donors (Lipinski definition) is 3. The third kappa shape index (κ3) is 4.55. The molecule has 1 fully saturated rings. The molecular weight excluding hydrogens is 415 g/mol. The number of H-pyrrole nitrogens is 1. The van der Waals surface area contributed by atoms with E-state index >= 15 is 0 Å². The average Bonchev–Trinajstić information content (AvgIpc) is 2.99.